The summed E-state index contributed by atoms with van der Waals surface area (Å²) in [5, 5.41) is 3.44. The fourth-order valence-corrected chi connectivity index (χ4v) is 3.48. The molecule has 2 aromatic carbocycles. The van der Waals surface area contributed by atoms with Crippen LogP contribution in [0.1, 0.15) is 33.9 Å². The fourth-order valence-electron chi connectivity index (χ4n) is 3.48. The number of rotatable bonds is 7. The SMILES string of the molecule is COc1ccc(C(=O)CC2NCCc3cc(OC)c(OC)cc32)c(OC)c1. The number of fused-ring (bicyclic) bond motifs is 1. The molecule has 0 spiro atoms. The molecule has 6 heteroatoms. The van der Waals surface area contributed by atoms with Gasteiger partial charge in [0, 0.05) is 18.5 Å². The van der Waals surface area contributed by atoms with Gasteiger partial charge in [-0.3, -0.25) is 4.79 Å². The Hall–Kier alpha value is -2.73. The first-order chi connectivity index (χ1) is 13.1. The summed E-state index contributed by atoms with van der Waals surface area (Å²) in [7, 11) is 6.38. The molecule has 1 aliphatic heterocycles. The average Bonchev–Trinajstić information content (AvgIpc) is 2.72. The van der Waals surface area contributed by atoms with Gasteiger partial charge >= 0.3 is 0 Å². The number of hydrogen-bond acceptors (Lipinski definition) is 6. The first-order valence-corrected chi connectivity index (χ1v) is 8.84. The number of carbonyl (C=O) groups is 1. The van der Waals surface area contributed by atoms with E-state index in [-0.39, 0.29) is 11.8 Å². The van der Waals surface area contributed by atoms with Crippen molar-refractivity contribution in [1.29, 1.82) is 0 Å². The summed E-state index contributed by atoms with van der Waals surface area (Å²) < 4.78 is 21.4. The molecule has 1 aliphatic rings. The minimum absolute atomic E-state index is 0.00892. The molecular formula is C21H25NO5. The lowest BCUT2D eigenvalue weighted by Gasteiger charge is -2.28. The summed E-state index contributed by atoms with van der Waals surface area (Å²) in [5.41, 5.74) is 2.79. The molecule has 3 rings (SSSR count). The summed E-state index contributed by atoms with van der Waals surface area (Å²) in [6.07, 6.45) is 1.21. The first-order valence-electron chi connectivity index (χ1n) is 8.84. The molecule has 0 aliphatic carbocycles. The molecule has 1 heterocycles. The number of nitrogens with one attached hydrogen (secondary N) is 1. The molecule has 2 aromatic rings. The van der Waals surface area contributed by atoms with E-state index in [4.69, 9.17) is 18.9 Å². The van der Waals surface area contributed by atoms with Gasteiger partial charge in [-0.25, -0.2) is 0 Å². The molecule has 0 fully saturated rings. The maximum atomic E-state index is 13.0. The maximum Gasteiger partial charge on any atom is 0.168 e. The minimum Gasteiger partial charge on any atom is -0.497 e. The van der Waals surface area contributed by atoms with Gasteiger partial charge in [-0.1, -0.05) is 0 Å². The molecule has 0 amide bonds. The van der Waals surface area contributed by atoms with Crippen molar-refractivity contribution in [2.75, 3.05) is 35.0 Å². The van der Waals surface area contributed by atoms with Crippen molar-refractivity contribution in [2.24, 2.45) is 0 Å². The molecule has 0 saturated carbocycles. The second-order valence-corrected chi connectivity index (χ2v) is 6.36. The highest BCUT2D eigenvalue weighted by Gasteiger charge is 2.26. The number of ketones is 1. The van der Waals surface area contributed by atoms with Gasteiger partial charge in [-0.2, -0.15) is 0 Å². The van der Waals surface area contributed by atoms with Crippen LogP contribution in [0.25, 0.3) is 0 Å². The molecule has 6 nitrogen and oxygen atoms in total. The van der Waals surface area contributed by atoms with Crippen LogP contribution in [-0.4, -0.2) is 40.8 Å². The van der Waals surface area contributed by atoms with Crippen molar-refractivity contribution in [3.05, 3.63) is 47.0 Å². The Kier molecular flexibility index (Phi) is 5.86. The highest BCUT2D eigenvalue weighted by Crippen LogP contribution is 2.37. The Morgan fingerprint density at radius 2 is 1.67 bits per heavy atom. The zero-order valence-corrected chi connectivity index (χ0v) is 16.1. The monoisotopic (exact) mass is 371 g/mol. The second kappa shape index (κ2) is 8.31. The van der Waals surface area contributed by atoms with Crippen LogP contribution >= 0.6 is 0 Å². The van der Waals surface area contributed by atoms with E-state index in [0.717, 1.165) is 18.5 Å². The third kappa shape index (κ3) is 3.85. The molecule has 0 saturated heterocycles. The van der Waals surface area contributed by atoms with E-state index in [1.54, 1.807) is 46.6 Å². The molecule has 0 bridgehead atoms. The van der Waals surface area contributed by atoms with E-state index in [2.05, 4.69) is 5.32 Å². The van der Waals surface area contributed by atoms with Gasteiger partial charge in [0.05, 0.1) is 34.0 Å². The Morgan fingerprint density at radius 1 is 0.963 bits per heavy atom. The summed E-state index contributed by atoms with van der Waals surface area (Å²) in [6, 6.07) is 9.12. The van der Waals surface area contributed by atoms with E-state index < -0.39 is 0 Å². The van der Waals surface area contributed by atoms with E-state index in [0.29, 0.717) is 35.0 Å². The lowest BCUT2D eigenvalue weighted by molar-refractivity contribution is 0.0964. The summed E-state index contributed by atoms with van der Waals surface area (Å²) in [4.78, 5) is 13.0. The number of ether oxygens (including phenoxy) is 4. The largest absolute Gasteiger partial charge is 0.497 e. The van der Waals surface area contributed by atoms with E-state index in [9.17, 15) is 4.79 Å². The Bertz CT molecular complexity index is 834. The first kappa shape index (κ1) is 19.0. The van der Waals surface area contributed by atoms with Gasteiger partial charge in [-0.15, -0.1) is 0 Å². The Balaban J connectivity index is 1.88. The third-order valence-corrected chi connectivity index (χ3v) is 4.90. The zero-order chi connectivity index (χ0) is 19.4. The van der Waals surface area contributed by atoms with Crippen LogP contribution in [-0.2, 0) is 6.42 Å². The maximum absolute atomic E-state index is 13.0. The van der Waals surface area contributed by atoms with Crippen molar-refractivity contribution >= 4 is 5.78 Å². The molecule has 0 aromatic heterocycles. The van der Waals surface area contributed by atoms with Crippen LogP contribution < -0.4 is 24.3 Å². The van der Waals surface area contributed by atoms with Crippen molar-refractivity contribution in [3.8, 4) is 23.0 Å². The van der Waals surface area contributed by atoms with E-state index >= 15 is 0 Å². The Labute approximate surface area is 159 Å². The molecular weight excluding hydrogens is 346 g/mol. The van der Waals surface area contributed by atoms with Crippen LogP contribution in [0, 0.1) is 0 Å². The van der Waals surface area contributed by atoms with Gasteiger partial charge < -0.3 is 24.3 Å². The van der Waals surface area contributed by atoms with E-state index in [1.165, 1.54) is 5.56 Å². The van der Waals surface area contributed by atoms with Crippen LogP contribution in [0.4, 0.5) is 0 Å². The van der Waals surface area contributed by atoms with Crippen molar-refractivity contribution < 1.29 is 23.7 Å². The lowest BCUT2D eigenvalue weighted by atomic mass is 9.89. The molecule has 27 heavy (non-hydrogen) atoms. The highest BCUT2D eigenvalue weighted by atomic mass is 16.5. The number of benzene rings is 2. The predicted octanol–water partition coefficient (Wildman–Crippen LogP) is 3.18. The minimum atomic E-state index is -0.0899. The predicted molar refractivity (Wildman–Crippen MR) is 102 cm³/mol. The van der Waals surface area contributed by atoms with Crippen LogP contribution in [0.2, 0.25) is 0 Å². The molecule has 1 atom stereocenters. The molecule has 0 radical (unpaired) electrons. The zero-order valence-electron chi connectivity index (χ0n) is 16.1. The lowest BCUT2D eigenvalue weighted by Crippen LogP contribution is -2.31. The van der Waals surface area contributed by atoms with Crippen LogP contribution in [0.15, 0.2) is 30.3 Å². The smallest absolute Gasteiger partial charge is 0.168 e. The standard InChI is InChI=1S/C21H25NO5/c1-24-14-5-6-15(19(10-14)25-2)18(23)12-17-16-11-21(27-4)20(26-3)9-13(16)7-8-22-17/h5-6,9-11,17,22H,7-8,12H2,1-4H3. The van der Waals surface area contributed by atoms with Gasteiger partial charge in [0.2, 0.25) is 0 Å². The van der Waals surface area contributed by atoms with Crippen molar-refractivity contribution in [3.63, 3.8) is 0 Å². The summed E-state index contributed by atoms with van der Waals surface area (Å²) >= 11 is 0. The molecule has 1 unspecified atom stereocenters. The molecule has 144 valence electrons. The third-order valence-electron chi connectivity index (χ3n) is 4.90. The van der Waals surface area contributed by atoms with Gasteiger partial charge in [0.1, 0.15) is 11.5 Å². The van der Waals surface area contributed by atoms with Gasteiger partial charge in [-0.05, 0) is 48.4 Å². The summed E-state index contributed by atoms with van der Waals surface area (Å²) in [6.45, 7) is 0.806. The van der Waals surface area contributed by atoms with Crippen molar-refractivity contribution in [1.82, 2.24) is 5.32 Å². The van der Waals surface area contributed by atoms with Gasteiger partial charge in [0.25, 0.3) is 0 Å². The number of Topliss-reactive ketones (excluding diaryl/α,β-unsaturated/α-hetero) is 1. The number of hydrogen-bond donors (Lipinski definition) is 1. The second-order valence-electron chi connectivity index (χ2n) is 6.36. The van der Waals surface area contributed by atoms with Gasteiger partial charge in [0.15, 0.2) is 17.3 Å². The fraction of sp³-hybridized carbons (Fsp3) is 0.381. The van der Waals surface area contributed by atoms with Crippen molar-refractivity contribution in [2.45, 2.75) is 18.9 Å². The normalized spacial score (nSPS) is 15.6. The molecule has 1 N–H and O–H groups in total. The quantitative estimate of drug-likeness (QED) is 0.754. The summed E-state index contributed by atoms with van der Waals surface area (Å²) in [5.74, 6) is 2.55. The topological polar surface area (TPSA) is 66.0 Å². The van der Waals surface area contributed by atoms with E-state index in [1.807, 2.05) is 12.1 Å². The Morgan fingerprint density at radius 3 is 2.33 bits per heavy atom. The number of carbonyl (C=O) groups excluding carboxylic acids is 1. The van der Waals surface area contributed by atoms with Crippen LogP contribution in [0.5, 0.6) is 23.0 Å². The average molecular weight is 371 g/mol. The van der Waals surface area contributed by atoms with Crippen LogP contribution in [0.3, 0.4) is 0 Å². The number of methoxy groups -OCH3 is 4. The highest BCUT2D eigenvalue weighted by molar-refractivity contribution is 5.99.